The number of aryl methyl sites for hydroxylation is 1. The third-order valence-electron chi connectivity index (χ3n) is 2.11. The molecule has 1 aromatic rings. The molecule has 1 rings (SSSR count). The average Bonchev–Trinajstić information content (AvgIpc) is 2.50. The lowest BCUT2D eigenvalue weighted by Gasteiger charge is -2.16. The fourth-order valence-corrected chi connectivity index (χ4v) is 1.32. The van der Waals surface area contributed by atoms with Gasteiger partial charge in [-0.25, -0.2) is 0 Å². The van der Waals surface area contributed by atoms with Gasteiger partial charge < -0.3 is 10.2 Å². The first-order valence-corrected chi connectivity index (χ1v) is 4.50. The third kappa shape index (κ3) is 2.29. The zero-order chi connectivity index (χ0) is 9.84. The summed E-state index contributed by atoms with van der Waals surface area (Å²) in [6.07, 6.45) is 1.55. The molecule has 1 aromatic heterocycles. The van der Waals surface area contributed by atoms with Gasteiger partial charge in [-0.1, -0.05) is 13.3 Å². The minimum Gasteiger partial charge on any atom is -0.390 e. The predicted octanol–water partition coefficient (Wildman–Crippen LogP) is 0.614. The summed E-state index contributed by atoms with van der Waals surface area (Å²) in [4.78, 5) is 0. The Labute approximate surface area is 77.8 Å². The molecule has 0 amide bonds. The highest BCUT2D eigenvalue weighted by Crippen LogP contribution is 2.18. The molecule has 0 aliphatic rings. The van der Waals surface area contributed by atoms with Gasteiger partial charge in [-0.05, 0) is 12.5 Å². The van der Waals surface area contributed by atoms with Gasteiger partial charge in [0, 0.05) is 13.2 Å². The quantitative estimate of drug-likeness (QED) is 0.721. The van der Waals surface area contributed by atoms with Crippen molar-refractivity contribution in [3.05, 3.63) is 18.0 Å². The first kappa shape index (κ1) is 10.2. The SMILES string of the molecule is CCCC(O)C(O)c1ccnn1C. The fraction of sp³-hybridized carbons (Fsp3) is 0.667. The fourth-order valence-electron chi connectivity index (χ4n) is 1.32. The predicted molar refractivity (Wildman–Crippen MR) is 49.1 cm³/mol. The van der Waals surface area contributed by atoms with Crippen LogP contribution in [0.1, 0.15) is 31.6 Å². The molecular formula is C9H16N2O2. The van der Waals surface area contributed by atoms with Crippen molar-refractivity contribution < 1.29 is 10.2 Å². The molecule has 4 heteroatoms. The Kier molecular flexibility index (Phi) is 3.45. The van der Waals surface area contributed by atoms with Gasteiger partial charge in [-0.3, -0.25) is 4.68 Å². The summed E-state index contributed by atoms with van der Waals surface area (Å²) in [6.45, 7) is 1.97. The minimum atomic E-state index is -0.826. The van der Waals surface area contributed by atoms with Crippen molar-refractivity contribution in [1.29, 1.82) is 0 Å². The maximum atomic E-state index is 9.68. The van der Waals surface area contributed by atoms with Crippen LogP contribution in [0.3, 0.4) is 0 Å². The van der Waals surface area contributed by atoms with Crippen LogP contribution >= 0.6 is 0 Å². The van der Waals surface area contributed by atoms with Crippen LogP contribution in [0.15, 0.2) is 12.3 Å². The van der Waals surface area contributed by atoms with Gasteiger partial charge >= 0.3 is 0 Å². The molecule has 0 aromatic carbocycles. The molecule has 2 atom stereocenters. The number of aliphatic hydroxyl groups is 2. The van der Waals surface area contributed by atoms with Crippen molar-refractivity contribution in [3.63, 3.8) is 0 Å². The molecule has 2 N–H and O–H groups in total. The zero-order valence-electron chi connectivity index (χ0n) is 8.01. The number of aromatic nitrogens is 2. The highest BCUT2D eigenvalue weighted by Gasteiger charge is 2.19. The standard InChI is InChI=1S/C9H16N2O2/c1-3-4-8(12)9(13)7-5-6-10-11(7)2/h5-6,8-9,12-13H,3-4H2,1-2H3. The maximum absolute atomic E-state index is 9.68. The van der Waals surface area contributed by atoms with Crippen molar-refractivity contribution in [2.45, 2.75) is 32.0 Å². The normalized spacial score (nSPS) is 15.7. The summed E-state index contributed by atoms with van der Waals surface area (Å²) in [5.41, 5.74) is 0.654. The van der Waals surface area contributed by atoms with E-state index in [1.807, 2.05) is 6.92 Å². The van der Waals surface area contributed by atoms with Gasteiger partial charge in [0.15, 0.2) is 0 Å². The van der Waals surface area contributed by atoms with E-state index in [2.05, 4.69) is 5.10 Å². The Hall–Kier alpha value is -0.870. The van der Waals surface area contributed by atoms with E-state index >= 15 is 0 Å². The van der Waals surface area contributed by atoms with E-state index in [1.165, 1.54) is 0 Å². The van der Waals surface area contributed by atoms with E-state index in [0.29, 0.717) is 12.1 Å². The lowest BCUT2D eigenvalue weighted by Crippen LogP contribution is -2.20. The van der Waals surface area contributed by atoms with Crippen LogP contribution < -0.4 is 0 Å². The summed E-state index contributed by atoms with van der Waals surface area (Å²) in [7, 11) is 1.75. The second-order valence-electron chi connectivity index (χ2n) is 3.18. The average molecular weight is 184 g/mol. The Balaban J connectivity index is 2.67. The van der Waals surface area contributed by atoms with Crippen molar-refractivity contribution in [2.75, 3.05) is 0 Å². The molecule has 13 heavy (non-hydrogen) atoms. The lowest BCUT2D eigenvalue weighted by atomic mass is 10.1. The number of hydrogen-bond acceptors (Lipinski definition) is 3. The molecule has 1 heterocycles. The molecule has 0 aliphatic carbocycles. The van der Waals surface area contributed by atoms with Crippen LogP contribution in [-0.4, -0.2) is 26.1 Å². The van der Waals surface area contributed by atoms with Gasteiger partial charge in [0.1, 0.15) is 6.10 Å². The molecule has 0 radical (unpaired) electrons. The van der Waals surface area contributed by atoms with Gasteiger partial charge in [-0.15, -0.1) is 0 Å². The van der Waals surface area contributed by atoms with Crippen LogP contribution in [0.2, 0.25) is 0 Å². The molecule has 0 fully saturated rings. The van der Waals surface area contributed by atoms with E-state index in [9.17, 15) is 10.2 Å². The van der Waals surface area contributed by atoms with Crippen LogP contribution in [0.25, 0.3) is 0 Å². The summed E-state index contributed by atoms with van der Waals surface area (Å²) < 4.78 is 1.57. The number of rotatable bonds is 4. The van der Waals surface area contributed by atoms with Crippen molar-refractivity contribution in [1.82, 2.24) is 9.78 Å². The summed E-state index contributed by atoms with van der Waals surface area (Å²) in [5, 5.41) is 23.1. The molecule has 0 saturated carbocycles. The monoisotopic (exact) mass is 184 g/mol. The summed E-state index contributed by atoms with van der Waals surface area (Å²) >= 11 is 0. The Morgan fingerprint density at radius 1 is 1.54 bits per heavy atom. The van der Waals surface area contributed by atoms with Crippen LogP contribution in [-0.2, 0) is 7.05 Å². The molecule has 0 aliphatic heterocycles. The third-order valence-corrected chi connectivity index (χ3v) is 2.11. The molecule has 2 unspecified atom stereocenters. The van der Waals surface area contributed by atoms with Crippen LogP contribution in [0, 0.1) is 0 Å². The number of nitrogens with zero attached hydrogens (tertiary/aromatic N) is 2. The number of hydrogen-bond donors (Lipinski definition) is 2. The molecule has 0 spiro atoms. The molecular weight excluding hydrogens is 168 g/mol. The Morgan fingerprint density at radius 3 is 2.69 bits per heavy atom. The number of aliphatic hydroxyl groups excluding tert-OH is 2. The van der Waals surface area contributed by atoms with Crippen molar-refractivity contribution in [2.24, 2.45) is 7.05 Å². The highest BCUT2D eigenvalue weighted by molar-refractivity contribution is 5.05. The maximum Gasteiger partial charge on any atom is 0.121 e. The second kappa shape index (κ2) is 4.39. The van der Waals surface area contributed by atoms with Crippen molar-refractivity contribution in [3.8, 4) is 0 Å². The van der Waals surface area contributed by atoms with Gasteiger partial charge in [0.2, 0.25) is 0 Å². The molecule has 4 nitrogen and oxygen atoms in total. The lowest BCUT2D eigenvalue weighted by molar-refractivity contribution is 0.00843. The van der Waals surface area contributed by atoms with Crippen molar-refractivity contribution >= 4 is 0 Å². The smallest absolute Gasteiger partial charge is 0.121 e. The van der Waals surface area contributed by atoms with E-state index < -0.39 is 12.2 Å². The van der Waals surface area contributed by atoms with E-state index in [0.717, 1.165) is 6.42 Å². The highest BCUT2D eigenvalue weighted by atomic mass is 16.3. The topological polar surface area (TPSA) is 58.3 Å². The minimum absolute atomic E-state index is 0.604. The zero-order valence-corrected chi connectivity index (χ0v) is 8.01. The Morgan fingerprint density at radius 2 is 2.23 bits per heavy atom. The molecule has 0 bridgehead atoms. The first-order chi connectivity index (χ1) is 6.16. The van der Waals surface area contributed by atoms with Gasteiger partial charge in [0.25, 0.3) is 0 Å². The van der Waals surface area contributed by atoms with E-state index in [1.54, 1.807) is 24.0 Å². The Bertz CT molecular complexity index is 260. The summed E-state index contributed by atoms with van der Waals surface area (Å²) in [6, 6.07) is 1.71. The van der Waals surface area contributed by atoms with Crippen LogP contribution in [0.4, 0.5) is 0 Å². The first-order valence-electron chi connectivity index (χ1n) is 4.50. The summed E-state index contributed by atoms with van der Waals surface area (Å²) in [5.74, 6) is 0. The van der Waals surface area contributed by atoms with E-state index in [-0.39, 0.29) is 0 Å². The molecule has 0 saturated heterocycles. The largest absolute Gasteiger partial charge is 0.390 e. The molecule has 74 valence electrons. The van der Waals surface area contributed by atoms with Gasteiger partial charge in [0.05, 0.1) is 11.8 Å². The van der Waals surface area contributed by atoms with Crippen LogP contribution in [0.5, 0.6) is 0 Å². The van der Waals surface area contributed by atoms with Gasteiger partial charge in [-0.2, -0.15) is 5.10 Å². The van der Waals surface area contributed by atoms with E-state index in [4.69, 9.17) is 0 Å². The second-order valence-corrected chi connectivity index (χ2v) is 3.18.